The van der Waals surface area contributed by atoms with Gasteiger partial charge in [0.1, 0.15) is 23.1 Å². The molecule has 2 aliphatic heterocycles. The molecule has 0 radical (unpaired) electrons. The van der Waals surface area contributed by atoms with E-state index in [0.29, 0.717) is 23.2 Å². The summed E-state index contributed by atoms with van der Waals surface area (Å²) in [5.41, 5.74) is 1.66. The van der Waals surface area contributed by atoms with Gasteiger partial charge in [0.25, 0.3) is 0 Å². The van der Waals surface area contributed by atoms with Crippen LogP contribution < -0.4 is 4.90 Å². The number of nitrogens with zero attached hydrogens (tertiary/aromatic N) is 3. The zero-order chi connectivity index (χ0) is 24.1. The number of rotatable bonds is 7. The minimum atomic E-state index is -0.977. The molecule has 1 N–H and O–H groups in total. The fourth-order valence-corrected chi connectivity index (χ4v) is 5.80. The van der Waals surface area contributed by atoms with Crippen LogP contribution in [0.15, 0.2) is 41.1 Å². The molecule has 1 aromatic carbocycles. The van der Waals surface area contributed by atoms with E-state index in [2.05, 4.69) is 15.0 Å². The van der Waals surface area contributed by atoms with Gasteiger partial charge in [0, 0.05) is 29.8 Å². The first-order valence-corrected chi connectivity index (χ1v) is 12.4. The van der Waals surface area contributed by atoms with Crippen molar-refractivity contribution >= 4 is 23.4 Å². The first-order valence-electron chi connectivity index (χ1n) is 12.0. The molecule has 6 rings (SSSR count). The second-order valence-corrected chi connectivity index (χ2v) is 10.1. The number of piperidine rings is 1. The van der Waals surface area contributed by atoms with Crippen LogP contribution in [0.1, 0.15) is 66.1 Å². The zero-order valence-corrected chi connectivity index (χ0v) is 19.7. The van der Waals surface area contributed by atoms with Gasteiger partial charge in [0.2, 0.25) is 0 Å². The maximum absolute atomic E-state index is 14.7. The summed E-state index contributed by atoms with van der Waals surface area (Å²) in [4.78, 5) is 17.9. The second-order valence-electron chi connectivity index (χ2n) is 9.65. The van der Waals surface area contributed by atoms with Gasteiger partial charge in [0.05, 0.1) is 28.9 Å². The average molecular weight is 498 g/mol. The van der Waals surface area contributed by atoms with Crippen molar-refractivity contribution in [2.45, 2.75) is 69.2 Å². The number of fused-ring (bicyclic) bond motifs is 2. The molecule has 3 aromatic rings. The summed E-state index contributed by atoms with van der Waals surface area (Å²) in [5, 5.41) is 13.7. The smallest absolute Gasteiger partial charge is 0.337 e. The first kappa shape index (κ1) is 22.5. The minimum Gasteiger partial charge on any atom is -0.478 e. The van der Waals surface area contributed by atoms with Crippen LogP contribution in [0.3, 0.4) is 0 Å². The van der Waals surface area contributed by atoms with E-state index >= 15 is 0 Å². The lowest BCUT2D eigenvalue weighted by Crippen LogP contribution is -2.46. The van der Waals surface area contributed by atoms with Crippen LogP contribution in [0.25, 0.3) is 11.3 Å². The molecule has 9 heteroatoms. The van der Waals surface area contributed by atoms with Crippen LogP contribution in [0, 0.1) is 5.82 Å². The van der Waals surface area contributed by atoms with Crippen LogP contribution >= 0.6 is 11.6 Å². The van der Waals surface area contributed by atoms with Crippen molar-refractivity contribution < 1.29 is 23.6 Å². The van der Waals surface area contributed by atoms with Crippen molar-refractivity contribution in [3.05, 3.63) is 64.3 Å². The number of carboxylic acids is 1. The van der Waals surface area contributed by atoms with Crippen LogP contribution in [0.5, 0.6) is 0 Å². The van der Waals surface area contributed by atoms with Crippen LogP contribution in [-0.4, -0.2) is 39.4 Å². The van der Waals surface area contributed by atoms with Gasteiger partial charge in [-0.15, -0.1) is 0 Å². The number of carbonyl (C=O) groups is 1. The quantitative estimate of drug-likeness (QED) is 0.440. The van der Waals surface area contributed by atoms with E-state index in [1.54, 1.807) is 24.3 Å². The molecule has 0 amide bonds. The number of hydrogen-bond donors (Lipinski definition) is 1. The van der Waals surface area contributed by atoms with E-state index in [9.17, 15) is 9.18 Å². The summed E-state index contributed by atoms with van der Waals surface area (Å²) in [6.45, 7) is 0.297. The molecule has 2 aromatic heterocycles. The third-order valence-electron chi connectivity index (χ3n) is 7.38. The van der Waals surface area contributed by atoms with Crippen molar-refractivity contribution in [2.24, 2.45) is 0 Å². The molecular weight excluding hydrogens is 473 g/mol. The van der Waals surface area contributed by atoms with E-state index in [1.807, 2.05) is 0 Å². The van der Waals surface area contributed by atoms with E-state index in [-0.39, 0.29) is 29.3 Å². The molecule has 1 saturated carbocycles. The Bertz CT molecular complexity index is 1230. The molecule has 2 unspecified atom stereocenters. The molecule has 2 saturated heterocycles. The highest BCUT2D eigenvalue weighted by Crippen LogP contribution is 2.46. The molecule has 3 fully saturated rings. The Hall–Kier alpha value is -2.97. The topological polar surface area (TPSA) is 88.7 Å². The number of hydrogen-bond acceptors (Lipinski definition) is 6. The van der Waals surface area contributed by atoms with Gasteiger partial charge in [-0.05, 0) is 62.8 Å². The molecule has 4 heterocycles. The molecule has 3 aliphatic rings. The number of ether oxygens (including phenoxy) is 1. The molecule has 182 valence electrons. The third-order valence-corrected chi connectivity index (χ3v) is 7.69. The lowest BCUT2D eigenvalue weighted by atomic mass is 9.99. The van der Waals surface area contributed by atoms with Gasteiger partial charge in [-0.1, -0.05) is 22.8 Å². The molecule has 35 heavy (non-hydrogen) atoms. The number of pyridine rings is 1. The number of benzene rings is 1. The number of aromatic carboxylic acids is 1. The van der Waals surface area contributed by atoms with Crippen molar-refractivity contribution in [3.63, 3.8) is 0 Å². The summed E-state index contributed by atoms with van der Waals surface area (Å²) in [6, 6.07) is 8.57. The monoisotopic (exact) mass is 497 g/mol. The molecular formula is C26H25ClFN3O4. The molecule has 2 bridgehead atoms. The largest absolute Gasteiger partial charge is 0.478 e. The number of aromatic nitrogens is 2. The summed E-state index contributed by atoms with van der Waals surface area (Å²) in [7, 11) is 0. The Morgan fingerprint density at radius 2 is 1.94 bits per heavy atom. The lowest BCUT2D eigenvalue weighted by molar-refractivity contribution is 0.0146. The molecule has 1 aliphatic carbocycles. The van der Waals surface area contributed by atoms with Crippen molar-refractivity contribution in [1.29, 1.82) is 0 Å². The second kappa shape index (κ2) is 8.91. The Balaban J connectivity index is 1.19. The van der Waals surface area contributed by atoms with Gasteiger partial charge in [0.15, 0.2) is 0 Å². The van der Waals surface area contributed by atoms with Gasteiger partial charge >= 0.3 is 5.97 Å². The lowest BCUT2D eigenvalue weighted by Gasteiger charge is -2.39. The van der Waals surface area contributed by atoms with Crippen molar-refractivity contribution in [3.8, 4) is 11.3 Å². The van der Waals surface area contributed by atoms with Crippen LogP contribution in [0.2, 0.25) is 5.02 Å². The fourth-order valence-electron chi connectivity index (χ4n) is 5.55. The Morgan fingerprint density at radius 3 is 2.57 bits per heavy atom. The minimum absolute atomic E-state index is 0.0490. The summed E-state index contributed by atoms with van der Waals surface area (Å²) in [6.07, 6.45) is 7.31. The highest BCUT2D eigenvalue weighted by molar-refractivity contribution is 6.33. The summed E-state index contributed by atoms with van der Waals surface area (Å²) >= 11 is 6.33. The maximum atomic E-state index is 14.7. The maximum Gasteiger partial charge on any atom is 0.337 e. The van der Waals surface area contributed by atoms with Crippen LogP contribution in [-0.2, 0) is 11.3 Å². The number of halogens is 2. The van der Waals surface area contributed by atoms with Gasteiger partial charge < -0.3 is 19.3 Å². The first-order chi connectivity index (χ1) is 17.0. The predicted molar refractivity (Wildman–Crippen MR) is 127 cm³/mol. The van der Waals surface area contributed by atoms with E-state index in [1.165, 1.54) is 12.3 Å². The third kappa shape index (κ3) is 4.19. The average Bonchev–Trinajstić information content (AvgIpc) is 3.55. The standard InChI is InChI=1S/C26H25ClFN3O4/c27-20-2-1-3-21(28)23(20)24-19(25(35-30-24)14-4-5-14)13-34-18-10-16-7-8-17(11-18)31(16)22-9-6-15(12-29-22)26(32)33/h1-3,6,9,12,14,16-18H,4-5,7-8,10-11,13H2,(H,32,33)/t16-,17?,18?/m0/s1. The van der Waals surface area contributed by atoms with E-state index in [0.717, 1.165) is 55.7 Å². The highest BCUT2D eigenvalue weighted by atomic mass is 35.5. The van der Waals surface area contributed by atoms with E-state index < -0.39 is 11.8 Å². The summed E-state index contributed by atoms with van der Waals surface area (Å²) < 4.78 is 26.7. The SMILES string of the molecule is O=C(O)c1ccc(N2C3CC[C@H]2CC(OCc2c(-c4c(F)cccc4Cl)noc2C2CC2)C3)nc1. The molecule has 0 spiro atoms. The number of anilines is 1. The van der Waals surface area contributed by atoms with E-state index in [4.69, 9.17) is 26.0 Å². The molecule has 3 atom stereocenters. The number of carboxylic acid groups (broad SMARTS) is 1. The Labute approximate surface area is 206 Å². The zero-order valence-electron chi connectivity index (χ0n) is 19.0. The Morgan fingerprint density at radius 1 is 1.17 bits per heavy atom. The van der Waals surface area contributed by atoms with Gasteiger partial charge in [-0.2, -0.15) is 0 Å². The van der Waals surface area contributed by atoms with Crippen LogP contribution in [0.4, 0.5) is 10.2 Å². The fraction of sp³-hybridized carbons (Fsp3) is 0.423. The summed E-state index contributed by atoms with van der Waals surface area (Å²) in [5.74, 6) is 0.491. The molecule has 7 nitrogen and oxygen atoms in total. The van der Waals surface area contributed by atoms with Crippen molar-refractivity contribution in [1.82, 2.24) is 10.1 Å². The predicted octanol–water partition coefficient (Wildman–Crippen LogP) is 5.82. The highest BCUT2D eigenvalue weighted by Gasteiger charge is 2.42. The normalized spacial score (nSPS) is 23.6. The van der Waals surface area contributed by atoms with Gasteiger partial charge in [-0.3, -0.25) is 0 Å². The Kier molecular flexibility index (Phi) is 5.73. The van der Waals surface area contributed by atoms with Crippen molar-refractivity contribution in [2.75, 3.05) is 4.90 Å². The van der Waals surface area contributed by atoms with Gasteiger partial charge in [-0.25, -0.2) is 14.2 Å².